The van der Waals surface area contributed by atoms with E-state index in [9.17, 15) is 4.79 Å². The SMILES string of the molecule is COc1cc(C(C)NC(=O)C2CCCNC2)ccc1OCCC(C)C. The molecule has 2 atom stereocenters. The van der Waals surface area contributed by atoms with Gasteiger partial charge in [-0.15, -0.1) is 0 Å². The van der Waals surface area contributed by atoms with Gasteiger partial charge in [-0.25, -0.2) is 0 Å². The molecule has 0 saturated carbocycles. The highest BCUT2D eigenvalue weighted by molar-refractivity contribution is 5.79. The monoisotopic (exact) mass is 348 g/mol. The lowest BCUT2D eigenvalue weighted by atomic mass is 9.98. The predicted octanol–water partition coefficient (Wildman–Crippen LogP) is 3.30. The maximum atomic E-state index is 12.4. The summed E-state index contributed by atoms with van der Waals surface area (Å²) >= 11 is 0. The van der Waals surface area contributed by atoms with Crippen LogP contribution in [0.15, 0.2) is 18.2 Å². The fraction of sp³-hybridized carbons (Fsp3) is 0.650. The average molecular weight is 348 g/mol. The first-order valence-electron chi connectivity index (χ1n) is 9.33. The van der Waals surface area contributed by atoms with Gasteiger partial charge in [0.15, 0.2) is 11.5 Å². The summed E-state index contributed by atoms with van der Waals surface area (Å²) in [5.74, 6) is 2.26. The quantitative estimate of drug-likeness (QED) is 0.757. The van der Waals surface area contributed by atoms with Gasteiger partial charge in [-0.1, -0.05) is 19.9 Å². The first-order valence-corrected chi connectivity index (χ1v) is 9.33. The lowest BCUT2D eigenvalue weighted by Crippen LogP contribution is -2.41. The van der Waals surface area contributed by atoms with Crippen LogP contribution in [0.3, 0.4) is 0 Å². The molecule has 0 radical (unpaired) electrons. The minimum Gasteiger partial charge on any atom is -0.493 e. The van der Waals surface area contributed by atoms with E-state index in [1.807, 2.05) is 25.1 Å². The number of rotatable bonds is 8. The Morgan fingerprint density at radius 2 is 2.12 bits per heavy atom. The van der Waals surface area contributed by atoms with E-state index in [0.717, 1.165) is 43.7 Å². The summed E-state index contributed by atoms with van der Waals surface area (Å²) < 4.78 is 11.3. The zero-order valence-electron chi connectivity index (χ0n) is 15.9. The Hall–Kier alpha value is -1.75. The summed E-state index contributed by atoms with van der Waals surface area (Å²) in [5, 5.41) is 6.40. The lowest BCUT2D eigenvalue weighted by Gasteiger charge is -2.24. The van der Waals surface area contributed by atoms with Crippen molar-refractivity contribution in [1.29, 1.82) is 0 Å². The summed E-state index contributed by atoms with van der Waals surface area (Å²) in [4.78, 5) is 12.4. The van der Waals surface area contributed by atoms with Crippen LogP contribution >= 0.6 is 0 Å². The Labute approximate surface area is 151 Å². The van der Waals surface area contributed by atoms with Crippen molar-refractivity contribution < 1.29 is 14.3 Å². The number of ether oxygens (including phenoxy) is 2. The molecule has 0 spiro atoms. The highest BCUT2D eigenvalue weighted by atomic mass is 16.5. The number of methoxy groups -OCH3 is 1. The van der Waals surface area contributed by atoms with Gasteiger partial charge in [0.1, 0.15) is 0 Å². The summed E-state index contributed by atoms with van der Waals surface area (Å²) in [5.41, 5.74) is 1.02. The molecule has 5 nitrogen and oxygen atoms in total. The molecule has 1 aliphatic rings. The van der Waals surface area contributed by atoms with Gasteiger partial charge in [0.2, 0.25) is 5.91 Å². The van der Waals surface area contributed by atoms with E-state index in [4.69, 9.17) is 9.47 Å². The molecule has 1 aromatic carbocycles. The summed E-state index contributed by atoms with van der Waals surface area (Å²) in [6.45, 7) is 8.81. The highest BCUT2D eigenvalue weighted by Gasteiger charge is 2.22. The third kappa shape index (κ3) is 5.92. The third-order valence-electron chi connectivity index (χ3n) is 4.67. The second-order valence-corrected chi connectivity index (χ2v) is 7.21. The Morgan fingerprint density at radius 3 is 2.76 bits per heavy atom. The van der Waals surface area contributed by atoms with Gasteiger partial charge >= 0.3 is 0 Å². The Bertz CT molecular complexity index is 554. The van der Waals surface area contributed by atoms with Gasteiger partial charge in [-0.3, -0.25) is 4.79 Å². The minimum absolute atomic E-state index is 0.0620. The number of hydrogen-bond acceptors (Lipinski definition) is 4. The Morgan fingerprint density at radius 1 is 1.32 bits per heavy atom. The summed E-state index contributed by atoms with van der Waals surface area (Å²) in [6.07, 6.45) is 3.02. The first-order chi connectivity index (χ1) is 12.0. The molecule has 0 aromatic heterocycles. The first kappa shape index (κ1) is 19.6. The standard InChI is InChI=1S/C20H32N2O3/c1-14(2)9-11-25-18-8-7-16(12-19(18)24-4)15(3)22-20(23)17-6-5-10-21-13-17/h7-8,12,14-15,17,21H,5-6,9-11,13H2,1-4H3,(H,22,23). The largest absolute Gasteiger partial charge is 0.493 e. The van der Waals surface area contributed by atoms with Crippen LogP contribution < -0.4 is 20.1 Å². The molecule has 1 saturated heterocycles. The van der Waals surface area contributed by atoms with E-state index in [-0.39, 0.29) is 17.9 Å². The van der Waals surface area contributed by atoms with Gasteiger partial charge in [0, 0.05) is 6.54 Å². The zero-order valence-corrected chi connectivity index (χ0v) is 15.9. The van der Waals surface area contributed by atoms with Crippen molar-refractivity contribution in [1.82, 2.24) is 10.6 Å². The van der Waals surface area contributed by atoms with E-state index < -0.39 is 0 Å². The van der Waals surface area contributed by atoms with Gasteiger partial charge < -0.3 is 20.1 Å². The highest BCUT2D eigenvalue weighted by Crippen LogP contribution is 2.30. The van der Waals surface area contributed by atoms with Crippen LogP contribution in [-0.2, 0) is 4.79 Å². The fourth-order valence-electron chi connectivity index (χ4n) is 2.97. The second kappa shape index (κ2) is 9.66. The molecule has 0 aliphatic carbocycles. The lowest BCUT2D eigenvalue weighted by molar-refractivity contribution is -0.126. The van der Waals surface area contributed by atoms with Crippen LogP contribution in [0.2, 0.25) is 0 Å². The fourth-order valence-corrected chi connectivity index (χ4v) is 2.97. The van der Waals surface area contributed by atoms with Crippen molar-refractivity contribution in [3.8, 4) is 11.5 Å². The molecule has 2 N–H and O–H groups in total. The Balaban J connectivity index is 1.96. The number of nitrogens with one attached hydrogen (secondary N) is 2. The van der Waals surface area contributed by atoms with E-state index in [1.165, 1.54) is 0 Å². The van der Waals surface area contributed by atoms with Crippen LogP contribution in [0.4, 0.5) is 0 Å². The Kier molecular flexibility index (Phi) is 7.56. The van der Waals surface area contributed by atoms with Crippen LogP contribution in [0.25, 0.3) is 0 Å². The number of amides is 1. The minimum atomic E-state index is -0.0620. The zero-order chi connectivity index (χ0) is 18.2. The number of hydrogen-bond donors (Lipinski definition) is 2. The van der Waals surface area contributed by atoms with E-state index in [0.29, 0.717) is 18.3 Å². The molecule has 1 heterocycles. The maximum absolute atomic E-state index is 12.4. The van der Waals surface area contributed by atoms with Crippen molar-refractivity contribution in [2.24, 2.45) is 11.8 Å². The smallest absolute Gasteiger partial charge is 0.224 e. The predicted molar refractivity (Wildman–Crippen MR) is 100 cm³/mol. The average Bonchev–Trinajstić information content (AvgIpc) is 2.62. The van der Waals surface area contributed by atoms with Crippen molar-refractivity contribution in [2.75, 3.05) is 26.8 Å². The van der Waals surface area contributed by atoms with Gasteiger partial charge in [-0.2, -0.15) is 0 Å². The number of carbonyl (C=O) groups excluding carboxylic acids is 1. The van der Waals surface area contributed by atoms with Crippen molar-refractivity contribution in [3.63, 3.8) is 0 Å². The second-order valence-electron chi connectivity index (χ2n) is 7.21. The molecule has 0 bridgehead atoms. The number of piperidine rings is 1. The molecule has 1 aromatic rings. The topological polar surface area (TPSA) is 59.6 Å². The van der Waals surface area contributed by atoms with E-state index in [2.05, 4.69) is 24.5 Å². The van der Waals surface area contributed by atoms with Crippen LogP contribution in [-0.4, -0.2) is 32.7 Å². The van der Waals surface area contributed by atoms with Crippen LogP contribution in [0, 0.1) is 11.8 Å². The normalized spacial score (nSPS) is 18.7. The van der Waals surface area contributed by atoms with Crippen LogP contribution in [0.5, 0.6) is 11.5 Å². The number of carbonyl (C=O) groups is 1. The van der Waals surface area contributed by atoms with Crippen molar-refractivity contribution >= 4 is 5.91 Å². The van der Waals surface area contributed by atoms with Crippen molar-refractivity contribution in [3.05, 3.63) is 23.8 Å². The molecule has 1 amide bonds. The molecule has 2 unspecified atom stereocenters. The molecule has 5 heteroatoms. The molecular weight excluding hydrogens is 316 g/mol. The molecule has 1 fully saturated rings. The van der Waals surface area contributed by atoms with E-state index in [1.54, 1.807) is 7.11 Å². The maximum Gasteiger partial charge on any atom is 0.224 e. The number of benzene rings is 1. The van der Waals surface area contributed by atoms with Crippen LogP contribution in [0.1, 0.15) is 51.6 Å². The molecule has 1 aliphatic heterocycles. The third-order valence-corrected chi connectivity index (χ3v) is 4.67. The van der Waals surface area contributed by atoms with Gasteiger partial charge in [-0.05, 0) is 56.3 Å². The molecule has 140 valence electrons. The van der Waals surface area contributed by atoms with Gasteiger partial charge in [0.25, 0.3) is 0 Å². The molecular formula is C20H32N2O3. The summed E-state index contributed by atoms with van der Waals surface area (Å²) in [6, 6.07) is 5.82. The van der Waals surface area contributed by atoms with Gasteiger partial charge in [0.05, 0.1) is 25.7 Å². The van der Waals surface area contributed by atoms with E-state index >= 15 is 0 Å². The summed E-state index contributed by atoms with van der Waals surface area (Å²) in [7, 11) is 1.64. The van der Waals surface area contributed by atoms with Crippen molar-refractivity contribution in [2.45, 2.75) is 46.1 Å². The molecule has 2 rings (SSSR count). The molecule has 25 heavy (non-hydrogen) atoms.